The largest absolute Gasteiger partial charge is 0.456 e. The number of hydrogen-bond acceptors (Lipinski definition) is 6. The first-order valence-corrected chi connectivity index (χ1v) is 10.1. The Morgan fingerprint density at radius 3 is 1.89 bits per heavy atom. The molecule has 0 saturated carbocycles. The fourth-order valence-corrected chi connectivity index (χ4v) is 3.20. The average molecular weight is 401 g/mol. The van der Waals surface area contributed by atoms with Gasteiger partial charge in [0.25, 0.3) is 0 Å². The second-order valence-electron chi connectivity index (χ2n) is 8.91. The summed E-state index contributed by atoms with van der Waals surface area (Å²) in [5.41, 5.74) is -0.177. The summed E-state index contributed by atoms with van der Waals surface area (Å²) in [6, 6.07) is 0. The molecule has 28 heavy (non-hydrogen) atoms. The van der Waals surface area contributed by atoms with Gasteiger partial charge >= 0.3 is 5.97 Å². The first-order valence-electron chi connectivity index (χ1n) is 10.1. The van der Waals surface area contributed by atoms with E-state index in [0.29, 0.717) is 29.9 Å². The number of aliphatic hydroxyl groups is 3. The second-order valence-corrected chi connectivity index (χ2v) is 8.91. The lowest BCUT2D eigenvalue weighted by Crippen LogP contribution is -2.43. The first kappa shape index (κ1) is 26.8. The molecule has 6 nitrogen and oxygen atoms in total. The van der Waals surface area contributed by atoms with Crippen LogP contribution in [0.15, 0.2) is 11.1 Å². The van der Waals surface area contributed by atoms with Gasteiger partial charge < -0.3 is 20.1 Å². The molecule has 0 spiro atoms. The zero-order chi connectivity index (χ0) is 22.4. The van der Waals surface area contributed by atoms with Crippen molar-refractivity contribution in [1.29, 1.82) is 0 Å². The molecule has 0 aliphatic carbocycles. The minimum atomic E-state index is -1.40. The molecule has 0 rings (SSSR count). The summed E-state index contributed by atoms with van der Waals surface area (Å²) in [6.07, 6.45) is -3.09. The predicted molar refractivity (Wildman–Crippen MR) is 110 cm³/mol. The van der Waals surface area contributed by atoms with Crippen LogP contribution in [0.3, 0.4) is 0 Å². The van der Waals surface area contributed by atoms with Gasteiger partial charge in [-0.15, -0.1) is 0 Å². The smallest absolute Gasteiger partial charge is 0.335 e. The van der Waals surface area contributed by atoms with Crippen LogP contribution in [0.1, 0.15) is 75.2 Å². The zero-order valence-corrected chi connectivity index (χ0v) is 18.9. The molecular formula is C22H40O6. The SMILES string of the molecule is CC[C@H](O)C(C)(C)C(=O)[C@H](O)/C(C)=C(\C)[C@H](C)OC(=O)C(O)[C@@H](C)CC(C)C. The molecule has 0 aliphatic rings. The van der Waals surface area contributed by atoms with Crippen molar-refractivity contribution in [2.45, 2.75) is 99.6 Å². The van der Waals surface area contributed by atoms with Crippen LogP contribution in [-0.2, 0) is 14.3 Å². The Morgan fingerprint density at radius 2 is 1.46 bits per heavy atom. The standard InChI is InChI=1S/C22H40O6/c1-10-17(23)22(8,9)20(26)19(25)15(6)14(5)16(7)28-21(27)18(24)13(4)11-12(2)3/h12-13,16-19,23-25H,10-11H2,1-9H3/b15-14+/t13-,16-,17-,18?,19+/m0/s1. The molecule has 0 amide bonds. The van der Waals surface area contributed by atoms with Crippen LogP contribution in [0, 0.1) is 17.3 Å². The lowest BCUT2D eigenvalue weighted by atomic mass is 9.77. The van der Waals surface area contributed by atoms with Crippen molar-refractivity contribution in [2.24, 2.45) is 17.3 Å². The second kappa shape index (κ2) is 11.1. The Morgan fingerprint density at radius 1 is 0.964 bits per heavy atom. The van der Waals surface area contributed by atoms with Crippen molar-refractivity contribution in [3.05, 3.63) is 11.1 Å². The topological polar surface area (TPSA) is 104 Å². The van der Waals surface area contributed by atoms with Crippen LogP contribution in [0.5, 0.6) is 0 Å². The average Bonchev–Trinajstić information content (AvgIpc) is 2.62. The van der Waals surface area contributed by atoms with E-state index in [0.717, 1.165) is 0 Å². The molecule has 0 saturated heterocycles. The molecule has 0 heterocycles. The highest BCUT2D eigenvalue weighted by atomic mass is 16.6. The van der Waals surface area contributed by atoms with Crippen LogP contribution in [0.25, 0.3) is 0 Å². The van der Waals surface area contributed by atoms with E-state index in [1.165, 1.54) is 0 Å². The van der Waals surface area contributed by atoms with Crippen LogP contribution < -0.4 is 0 Å². The van der Waals surface area contributed by atoms with Gasteiger partial charge in [0.2, 0.25) is 0 Å². The number of carbonyl (C=O) groups excluding carboxylic acids is 2. The van der Waals surface area contributed by atoms with Gasteiger partial charge in [-0.25, -0.2) is 4.79 Å². The summed E-state index contributed by atoms with van der Waals surface area (Å²) in [5.74, 6) is -1.08. The molecular weight excluding hydrogens is 360 g/mol. The molecule has 0 aliphatic heterocycles. The van der Waals surface area contributed by atoms with Gasteiger partial charge in [-0.1, -0.05) is 41.5 Å². The normalized spacial score (nSPS) is 18.8. The highest BCUT2D eigenvalue weighted by Crippen LogP contribution is 2.29. The van der Waals surface area contributed by atoms with Crippen molar-refractivity contribution >= 4 is 11.8 Å². The molecule has 0 aromatic rings. The third-order valence-electron chi connectivity index (χ3n) is 5.66. The molecule has 6 heteroatoms. The molecule has 164 valence electrons. The summed E-state index contributed by atoms with van der Waals surface area (Å²) in [4.78, 5) is 24.9. The fraction of sp³-hybridized carbons (Fsp3) is 0.818. The monoisotopic (exact) mass is 400 g/mol. The van der Waals surface area contributed by atoms with Gasteiger partial charge in [0.05, 0.1) is 11.5 Å². The molecule has 0 radical (unpaired) electrons. The highest BCUT2D eigenvalue weighted by Gasteiger charge is 2.39. The quantitative estimate of drug-likeness (QED) is 0.364. The van der Waals surface area contributed by atoms with Gasteiger partial charge in [0, 0.05) is 0 Å². The number of esters is 1. The highest BCUT2D eigenvalue weighted by molar-refractivity contribution is 5.91. The van der Waals surface area contributed by atoms with Crippen LogP contribution >= 0.6 is 0 Å². The third-order valence-corrected chi connectivity index (χ3v) is 5.66. The Balaban J connectivity index is 5.25. The van der Waals surface area contributed by atoms with Gasteiger partial charge in [-0.05, 0) is 56.6 Å². The molecule has 5 atom stereocenters. The fourth-order valence-electron chi connectivity index (χ4n) is 3.20. The Labute approximate surface area is 170 Å². The van der Waals surface area contributed by atoms with E-state index in [2.05, 4.69) is 0 Å². The molecule has 0 bridgehead atoms. The summed E-state index contributed by atoms with van der Waals surface area (Å²) < 4.78 is 5.36. The molecule has 3 N–H and O–H groups in total. The first-order chi connectivity index (χ1) is 12.7. The maximum atomic E-state index is 12.7. The van der Waals surface area contributed by atoms with Gasteiger partial charge in [-0.3, -0.25) is 4.79 Å². The van der Waals surface area contributed by atoms with E-state index >= 15 is 0 Å². The van der Waals surface area contributed by atoms with Crippen LogP contribution in [0.4, 0.5) is 0 Å². The summed E-state index contributed by atoms with van der Waals surface area (Å²) in [5, 5.41) is 30.8. The van der Waals surface area contributed by atoms with E-state index in [-0.39, 0.29) is 5.92 Å². The lowest BCUT2D eigenvalue weighted by Gasteiger charge is -2.31. The van der Waals surface area contributed by atoms with Crippen molar-refractivity contribution in [1.82, 2.24) is 0 Å². The zero-order valence-electron chi connectivity index (χ0n) is 18.9. The van der Waals surface area contributed by atoms with E-state index in [1.807, 2.05) is 13.8 Å². The van der Waals surface area contributed by atoms with E-state index in [4.69, 9.17) is 4.74 Å². The van der Waals surface area contributed by atoms with E-state index < -0.39 is 41.6 Å². The predicted octanol–water partition coefficient (Wildman–Crippen LogP) is 3.02. The number of rotatable bonds is 11. The summed E-state index contributed by atoms with van der Waals surface area (Å²) >= 11 is 0. The Hall–Kier alpha value is -1.24. The molecule has 1 unspecified atom stereocenters. The number of Topliss-reactive ketones (excluding diaryl/α,β-unsaturated/α-hetero) is 1. The Bertz CT molecular complexity index is 563. The van der Waals surface area contributed by atoms with Crippen LogP contribution in [0.2, 0.25) is 0 Å². The van der Waals surface area contributed by atoms with E-state index in [1.54, 1.807) is 48.5 Å². The van der Waals surface area contributed by atoms with Crippen molar-refractivity contribution in [3.63, 3.8) is 0 Å². The number of ether oxygens (including phenoxy) is 1. The van der Waals surface area contributed by atoms with Crippen molar-refractivity contribution in [3.8, 4) is 0 Å². The molecule has 0 aromatic carbocycles. The number of carbonyl (C=O) groups is 2. The van der Waals surface area contributed by atoms with Gasteiger partial charge in [0.15, 0.2) is 11.9 Å². The van der Waals surface area contributed by atoms with Crippen molar-refractivity contribution in [2.75, 3.05) is 0 Å². The lowest BCUT2D eigenvalue weighted by molar-refractivity contribution is -0.159. The molecule has 0 aromatic heterocycles. The number of hydrogen-bond donors (Lipinski definition) is 3. The maximum Gasteiger partial charge on any atom is 0.335 e. The summed E-state index contributed by atoms with van der Waals surface area (Å²) in [7, 11) is 0. The van der Waals surface area contributed by atoms with Gasteiger partial charge in [0.1, 0.15) is 12.2 Å². The Kier molecular flexibility index (Phi) is 10.6. The number of aliphatic hydroxyl groups excluding tert-OH is 3. The van der Waals surface area contributed by atoms with Gasteiger partial charge in [-0.2, -0.15) is 0 Å². The number of ketones is 1. The maximum absolute atomic E-state index is 12.7. The third kappa shape index (κ3) is 6.98. The minimum Gasteiger partial charge on any atom is -0.456 e. The van der Waals surface area contributed by atoms with Crippen LogP contribution in [-0.4, -0.2) is 51.5 Å². The van der Waals surface area contributed by atoms with E-state index in [9.17, 15) is 24.9 Å². The minimum absolute atomic E-state index is 0.228. The van der Waals surface area contributed by atoms with Crippen molar-refractivity contribution < 1.29 is 29.6 Å². The summed E-state index contributed by atoms with van der Waals surface area (Å²) in [6.45, 7) is 15.7. The molecule has 0 fully saturated rings.